The summed E-state index contributed by atoms with van der Waals surface area (Å²) in [6.45, 7) is 3.54. The molecule has 0 radical (unpaired) electrons. The van der Waals surface area contributed by atoms with Gasteiger partial charge in [0.05, 0.1) is 11.5 Å². The van der Waals surface area contributed by atoms with Gasteiger partial charge in [-0.3, -0.25) is 9.89 Å². The Labute approximate surface area is 149 Å². The van der Waals surface area contributed by atoms with E-state index < -0.39 is 9.84 Å². The molecule has 8 heteroatoms. The quantitative estimate of drug-likeness (QED) is 0.570. The first kappa shape index (κ1) is 19.0. The van der Waals surface area contributed by atoms with Crippen molar-refractivity contribution >= 4 is 27.4 Å². The summed E-state index contributed by atoms with van der Waals surface area (Å²) in [6.07, 6.45) is 0.866. The monoisotopic (exact) mass is 372 g/mol. The third-order valence-electron chi connectivity index (χ3n) is 3.98. The van der Waals surface area contributed by atoms with Gasteiger partial charge in [0, 0.05) is 44.8 Å². The predicted molar refractivity (Wildman–Crippen MR) is 99.6 cm³/mol. The molecule has 134 valence electrons. The number of hydrogen-bond donors (Lipinski definition) is 2. The lowest BCUT2D eigenvalue weighted by Gasteiger charge is -2.26. The average molecular weight is 373 g/mol. The van der Waals surface area contributed by atoms with Crippen LogP contribution in [0.25, 0.3) is 0 Å². The van der Waals surface area contributed by atoms with Crippen LogP contribution in [0.5, 0.6) is 0 Å². The first-order valence-electron chi connectivity index (χ1n) is 8.10. The van der Waals surface area contributed by atoms with E-state index in [0.29, 0.717) is 13.1 Å². The molecule has 0 atom stereocenters. The number of halogens is 1. The number of benzene rings is 1. The summed E-state index contributed by atoms with van der Waals surface area (Å²) in [5.74, 6) is 1.28. The molecule has 0 bridgehead atoms. The largest absolute Gasteiger partial charge is 0.356 e. The van der Waals surface area contributed by atoms with Crippen molar-refractivity contribution in [3.05, 3.63) is 34.9 Å². The summed E-state index contributed by atoms with van der Waals surface area (Å²) in [7, 11) is -1.07. The van der Waals surface area contributed by atoms with Crippen LogP contribution in [0.15, 0.2) is 29.3 Å². The summed E-state index contributed by atoms with van der Waals surface area (Å²) < 4.78 is 22.8. The van der Waals surface area contributed by atoms with Gasteiger partial charge >= 0.3 is 0 Å². The topological polar surface area (TPSA) is 73.8 Å². The Balaban J connectivity index is 1.64. The van der Waals surface area contributed by atoms with Gasteiger partial charge in [-0.15, -0.1) is 0 Å². The van der Waals surface area contributed by atoms with Crippen molar-refractivity contribution in [2.24, 2.45) is 4.99 Å². The molecule has 0 amide bonds. The molecule has 2 N–H and O–H groups in total. The van der Waals surface area contributed by atoms with Crippen molar-refractivity contribution in [1.82, 2.24) is 15.5 Å². The van der Waals surface area contributed by atoms with Crippen molar-refractivity contribution in [2.75, 3.05) is 51.3 Å². The number of guanidine groups is 1. The summed E-state index contributed by atoms with van der Waals surface area (Å²) in [6, 6.07) is 7.83. The van der Waals surface area contributed by atoms with E-state index in [2.05, 4.69) is 20.5 Å². The van der Waals surface area contributed by atoms with Crippen molar-refractivity contribution < 1.29 is 8.42 Å². The van der Waals surface area contributed by atoms with Crippen LogP contribution >= 0.6 is 11.6 Å². The minimum atomic E-state index is -2.81. The summed E-state index contributed by atoms with van der Waals surface area (Å²) >= 11 is 5.97. The molecule has 0 unspecified atom stereocenters. The van der Waals surface area contributed by atoms with Crippen LogP contribution in [0.4, 0.5) is 0 Å². The molecule has 6 nitrogen and oxygen atoms in total. The van der Waals surface area contributed by atoms with Crippen LogP contribution < -0.4 is 10.6 Å². The fourth-order valence-electron chi connectivity index (χ4n) is 2.54. The third kappa shape index (κ3) is 6.67. The van der Waals surface area contributed by atoms with Crippen molar-refractivity contribution in [1.29, 1.82) is 0 Å². The molecule has 1 aromatic rings. The molecule has 0 aromatic heterocycles. The van der Waals surface area contributed by atoms with E-state index in [1.165, 1.54) is 5.56 Å². The van der Waals surface area contributed by atoms with Gasteiger partial charge in [0.1, 0.15) is 0 Å². The highest BCUT2D eigenvalue weighted by Gasteiger charge is 2.20. The van der Waals surface area contributed by atoms with Gasteiger partial charge < -0.3 is 10.6 Å². The molecule has 1 aliphatic rings. The second-order valence-electron chi connectivity index (χ2n) is 5.80. The maximum atomic E-state index is 11.4. The molecule has 1 saturated heterocycles. The zero-order valence-electron chi connectivity index (χ0n) is 14.0. The number of sulfone groups is 1. The highest BCUT2D eigenvalue weighted by Crippen LogP contribution is 2.10. The lowest BCUT2D eigenvalue weighted by atomic mass is 10.1. The van der Waals surface area contributed by atoms with Crippen LogP contribution in [0.2, 0.25) is 5.02 Å². The highest BCUT2D eigenvalue weighted by molar-refractivity contribution is 7.91. The Hall–Kier alpha value is -1.31. The molecule has 1 aromatic carbocycles. The first-order valence-corrected chi connectivity index (χ1v) is 10.3. The Morgan fingerprint density at radius 1 is 1.25 bits per heavy atom. The highest BCUT2D eigenvalue weighted by atomic mass is 35.5. The van der Waals surface area contributed by atoms with Crippen molar-refractivity contribution in [3.8, 4) is 0 Å². The van der Waals surface area contributed by atoms with E-state index in [9.17, 15) is 8.42 Å². The number of rotatable bonds is 6. The van der Waals surface area contributed by atoms with Gasteiger partial charge in [-0.2, -0.15) is 0 Å². The molecule has 0 aliphatic carbocycles. The zero-order chi connectivity index (χ0) is 17.4. The van der Waals surface area contributed by atoms with Gasteiger partial charge in [0.15, 0.2) is 15.8 Å². The number of hydrogen-bond acceptors (Lipinski definition) is 4. The van der Waals surface area contributed by atoms with Crippen LogP contribution in [0, 0.1) is 0 Å². The minimum Gasteiger partial charge on any atom is -0.356 e. The lowest BCUT2D eigenvalue weighted by molar-refractivity contribution is 0.299. The van der Waals surface area contributed by atoms with Crippen LogP contribution in [-0.2, 0) is 16.3 Å². The van der Waals surface area contributed by atoms with Crippen LogP contribution in [0.1, 0.15) is 5.56 Å². The number of aliphatic imine (C=N–C) groups is 1. The van der Waals surface area contributed by atoms with E-state index in [-0.39, 0.29) is 11.5 Å². The molecular weight excluding hydrogens is 348 g/mol. The fourth-order valence-corrected chi connectivity index (χ4v) is 4.03. The van der Waals surface area contributed by atoms with E-state index in [1.807, 2.05) is 24.3 Å². The van der Waals surface area contributed by atoms with Crippen molar-refractivity contribution in [2.45, 2.75) is 6.42 Å². The predicted octanol–water partition coefficient (Wildman–Crippen LogP) is 0.778. The molecule has 1 aliphatic heterocycles. The van der Waals surface area contributed by atoms with E-state index in [0.717, 1.165) is 37.0 Å². The molecular formula is C16H25ClN4O2S. The molecule has 0 saturated carbocycles. The lowest BCUT2D eigenvalue weighted by Crippen LogP contribution is -2.46. The third-order valence-corrected chi connectivity index (χ3v) is 5.82. The SMILES string of the molecule is CN=C(NCCc1cccc(Cl)c1)NCCN1CCS(=O)(=O)CC1. The number of nitrogens with one attached hydrogen (secondary N) is 2. The van der Waals surface area contributed by atoms with E-state index >= 15 is 0 Å². The van der Waals surface area contributed by atoms with Gasteiger partial charge in [-0.25, -0.2) is 8.42 Å². The van der Waals surface area contributed by atoms with Gasteiger partial charge in [0.2, 0.25) is 0 Å². The Bertz CT molecular complexity index is 650. The maximum Gasteiger partial charge on any atom is 0.191 e. The minimum absolute atomic E-state index is 0.264. The van der Waals surface area contributed by atoms with Gasteiger partial charge in [-0.1, -0.05) is 23.7 Å². The Morgan fingerprint density at radius 3 is 2.62 bits per heavy atom. The second kappa shape index (κ2) is 9.25. The van der Waals surface area contributed by atoms with Crippen LogP contribution in [0.3, 0.4) is 0 Å². The van der Waals surface area contributed by atoms with Crippen molar-refractivity contribution in [3.63, 3.8) is 0 Å². The maximum absolute atomic E-state index is 11.4. The van der Waals surface area contributed by atoms with E-state index in [4.69, 9.17) is 11.6 Å². The summed E-state index contributed by atoms with van der Waals surface area (Å²) in [5, 5.41) is 7.28. The Kier molecular flexibility index (Phi) is 7.33. The molecule has 2 rings (SSSR count). The van der Waals surface area contributed by atoms with Gasteiger partial charge in [0.25, 0.3) is 0 Å². The standard InChI is InChI=1S/C16H25ClN4O2S/c1-18-16(19-6-5-14-3-2-4-15(17)13-14)20-7-8-21-9-11-24(22,23)12-10-21/h2-4,13H,5-12H2,1H3,(H2,18,19,20). The second-order valence-corrected chi connectivity index (χ2v) is 8.54. The van der Waals surface area contributed by atoms with Gasteiger partial charge in [-0.05, 0) is 24.1 Å². The first-order chi connectivity index (χ1) is 11.5. The van der Waals surface area contributed by atoms with Crippen LogP contribution in [-0.4, -0.2) is 70.6 Å². The molecule has 1 fully saturated rings. The van der Waals surface area contributed by atoms with E-state index in [1.54, 1.807) is 7.05 Å². The molecule has 1 heterocycles. The average Bonchev–Trinajstić information content (AvgIpc) is 2.55. The smallest absolute Gasteiger partial charge is 0.191 e. The normalized spacial score (nSPS) is 18.3. The Morgan fingerprint density at radius 2 is 1.96 bits per heavy atom. The summed E-state index contributed by atoms with van der Waals surface area (Å²) in [4.78, 5) is 6.36. The fraction of sp³-hybridized carbons (Fsp3) is 0.562. The summed E-state index contributed by atoms with van der Waals surface area (Å²) in [5.41, 5.74) is 1.18. The molecule has 24 heavy (non-hydrogen) atoms. The number of nitrogens with zero attached hydrogens (tertiary/aromatic N) is 2. The zero-order valence-corrected chi connectivity index (χ0v) is 15.5. The molecule has 0 spiro atoms.